The van der Waals surface area contributed by atoms with Crippen LogP contribution in [0.4, 0.5) is 0 Å². The molecule has 1 aromatic heterocycles. The van der Waals surface area contributed by atoms with Crippen molar-refractivity contribution >= 4 is 5.91 Å². The number of hydrogen-bond acceptors (Lipinski definition) is 3. The van der Waals surface area contributed by atoms with Gasteiger partial charge in [0.2, 0.25) is 5.91 Å². The van der Waals surface area contributed by atoms with Crippen molar-refractivity contribution in [3.63, 3.8) is 0 Å². The van der Waals surface area contributed by atoms with Gasteiger partial charge in [0, 0.05) is 24.8 Å². The Morgan fingerprint density at radius 2 is 1.05 bits per heavy atom. The Balaban J connectivity index is 2.42. The van der Waals surface area contributed by atoms with E-state index in [9.17, 15) is 14.4 Å². The van der Waals surface area contributed by atoms with Crippen LogP contribution in [0.25, 0.3) is 0 Å². The lowest BCUT2D eigenvalue weighted by atomic mass is 10.1. The molecule has 6 nitrogen and oxygen atoms in total. The first-order valence-electron chi connectivity index (χ1n) is 15.6. The molecule has 1 rings (SSSR count). The summed E-state index contributed by atoms with van der Waals surface area (Å²) in [5.41, 5.74) is -0.452. The molecule has 0 fully saturated rings. The molecule has 1 heterocycles. The Morgan fingerprint density at radius 3 is 1.46 bits per heavy atom. The molecule has 0 saturated heterocycles. The number of H-pyrrole nitrogens is 1. The quantitative estimate of drug-likeness (QED) is 0.144. The maximum Gasteiger partial charge on any atom is 0.328 e. The van der Waals surface area contributed by atoms with Crippen LogP contribution in [0.5, 0.6) is 0 Å². The van der Waals surface area contributed by atoms with Gasteiger partial charge in [-0.2, -0.15) is 0 Å². The van der Waals surface area contributed by atoms with Crippen molar-refractivity contribution in [2.45, 2.75) is 156 Å². The molecule has 0 spiro atoms. The minimum Gasteiger partial charge on any atom is -0.341 e. The maximum absolute atomic E-state index is 13.1. The van der Waals surface area contributed by atoms with Crippen LogP contribution >= 0.6 is 0 Å². The van der Waals surface area contributed by atoms with Crippen LogP contribution in [0.1, 0.15) is 148 Å². The van der Waals surface area contributed by atoms with E-state index in [4.69, 9.17) is 0 Å². The Morgan fingerprint density at radius 1 is 0.676 bits per heavy atom. The van der Waals surface area contributed by atoms with Gasteiger partial charge in [0.25, 0.3) is 5.56 Å². The monoisotopic (exact) mass is 519 g/mol. The van der Waals surface area contributed by atoms with Gasteiger partial charge in [-0.15, -0.1) is 0 Å². The van der Waals surface area contributed by atoms with Gasteiger partial charge < -0.3 is 4.90 Å². The van der Waals surface area contributed by atoms with Crippen molar-refractivity contribution in [3.8, 4) is 0 Å². The van der Waals surface area contributed by atoms with Crippen molar-refractivity contribution in [2.75, 3.05) is 13.1 Å². The molecule has 214 valence electrons. The molecule has 0 atom stereocenters. The van der Waals surface area contributed by atoms with Gasteiger partial charge in [-0.05, 0) is 19.8 Å². The van der Waals surface area contributed by atoms with E-state index in [0.717, 1.165) is 38.8 Å². The third-order valence-corrected chi connectivity index (χ3v) is 7.41. The van der Waals surface area contributed by atoms with Crippen molar-refractivity contribution in [1.29, 1.82) is 0 Å². The van der Waals surface area contributed by atoms with Crippen LogP contribution in [0.15, 0.2) is 15.8 Å². The van der Waals surface area contributed by atoms with E-state index < -0.39 is 5.69 Å². The highest BCUT2D eigenvalue weighted by atomic mass is 16.2. The minimum absolute atomic E-state index is 0.00796. The average Bonchev–Trinajstić information content (AvgIpc) is 2.88. The summed E-state index contributed by atoms with van der Waals surface area (Å²) < 4.78 is 1.34. The van der Waals surface area contributed by atoms with Crippen LogP contribution in [0.3, 0.4) is 0 Å². The highest BCUT2D eigenvalue weighted by Crippen LogP contribution is 2.13. The number of amides is 1. The lowest BCUT2D eigenvalue weighted by molar-refractivity contribution is -0.132. The Labute approximate surface area is 226 Å². The van der Waals surface area contributed by atoms with Gasteiger partial charge >= 0.3 is 5.69 Å². The molecule has 0 aliphatic carbocycles. The molecular weight excluding hydrogens is 462 g/mol. The second-order valence-corrected chi connectivity index (χ2v) is 10.9. The number of aryl methyl sites for hydroxylation is 1. The average molecular weight is 520 g/mol. The van der Waals surface area contributed by atoms with Gasteiger partial charge in [0.15, 0.2) is 0 Å². The molecule has 1 N–H and O–H groups in total. The first kappa shape index (κ1) is 33.2. The normalized spacial score (nSPS) is 11.2. The zero-order valence-electron chi connectivity index (χ0n) is 24.5. The van der Waals surface area contributed by atoms with Crippen LogP contribution in [-0.2, 0) is 11.3 Å². The van der Waals surface area contributed by atoms with E-state index in [1.807, 2.05) is 4.90 Å². The Hall–Kier alpha value is -1.85. The molecule has 0 aliphatic heterocycles. The predicted molar refractivity (Wildman–Crippen MR) is 156 cm³/mol. The van der Waals surface area contributed by atoms with Crippen LogP contribution in [0.2, 0.25) is 0 Å². The standard InChI is InChI=1S/C31H57N3O3/c1-4-6-8-10-12-14-16-18-20-22-24-33(25-23-21-19-17-15-13-11-9-7-5-2)29(35)27-34-26-28(3)30(36)32-31(34)37/h26H,4-25,27H2,1-3H3,(H,32,36,37). The fourth-order valence-corrected chi connectivity index (χ4v) is 4.92. The van der Waals surface area contributed by atoms with Crippen LogP contribution in [-0.4, -0.2) is 33.4 Å². The van der Waals surface area contributed by atoms with Gasteiger partial charge in [0.1, 0.15) is 6.54 Å². The van der Waals surface area contributed by atoms with Crippen molar-refractivity contribution in [1.82, 2.24) is 14.5 Å². The summed E-state index contributed by atoms with van der Waals surface area (Å²) in [7, 11) is 0. The third-order valence-electron chi connectivity index (χ3n) is 7.41. The summed E-state index contributed by atoms with van der Waals surface area (Å²) in [5.74, 6) is -0.0274. The molecule has 0 aromatic carbocycles. The zero-order valence-corrected chi connectivity index (χ0v) is 24.5. The number of nitrogens with zero attached hydrogens (tertiary/aromatic N) is 2. The van der Waals surface area contributed by atoms with Gasteiger partial charge in [-0.3, -0.25) is 19.1 Å². The van der Waals surface area contributed by atoms with E-state index in [-0.39, 0.29) is 18.0 Å². The van der Waals surface area contributed by atoms with Crippen LogP contribution < -0.4 is 11.2 Å². The molecule has 0 saturated carbocycles. The molecule has 1 amide bonds. The molecule has 0 bridgehead atoms. The first-order chi connectivity index (χ1) is 18.0. The first-order valence-corrected chi connectivity index (χ1v) is 15.6. The third kappa shape index (κ3) is 16.6. The molecular formula is C31H57N3O3. The smallest absolute Gasteiger partial charge is 0.328 e. The summed E-state index contributed by atoms with van der Waals surface area (Å²) in [4.78, 5) is 41.2. The number of carbonyl (C=O) groups excluding carboxylic acids is 1. The molecule has 6 heteroatoms. The highest BCUT2D eigenvalue weighted by molar-refractivity contribution is 5.75. The number of unbranched alkanes of at least 4 members (excludes halogenated alkanes) is 18. The summed E-state index contributed by atoms with van der Waals surface area (Å²) in [5, 5.41) is 0. The van der Waals surface area contributed by atoms with Crippen molar-refractivity contribution < 1.29 is 4.79 Å². The number of hydrogen-bond donors (Lipinski definition) is 1. The zero-order chi connectivity index (χ0) is 27.1. The second-order valence-electron chi connectivity index (χ2n) is 10.9. The summed E-state index contributed by atoms with van der Waals surface area (Å²) in [6.45, 7) is 7.67. The fourth-order valence-electron chi connectivity index (χ4n) is 4.92. The Bertz CT molecular complexity index is 791. The highest BCUT2D eigenvalue weighted by Gasteiger charge is 2.15. The molecule has 0 radical (unpaired) electrons. The van der Waals surface area contributed by atoms with Crippen molar-refractivity contribution in [3.05, 3.63) is 32.6 Å². The van der Waals surface area contributed by atoms with Crippen molar-refractivity contribution in [2.24, 2.45) is 0 Å². The van der Waals surface area contributed by atoms with E-state index in [0.29, 0.717) is 5.56 Å². The molecule has 0 unspecified atom stereocenters. The lowest BCUT2D eigenvalue weighted by Crippen LogP contribution is -2.39. The minimum atomic E-state index is -0.512. The largest absolute Gasteiger partial charge is 0.341 e. The van der Waals surface area contributed by atoms with E-state index in [1.165, 1.54) is 113 Å². The number of carbonyl (C=O) groups is 1. The van der Waals surface area contributed by atoms with Gasteiger partial charge in [-0.1, -0.05) is 129 Å². The number of nitrogens with one attached hydrogen (secondary N) is 1. The molecule has 0 aliphatic rings. The molecule has 37 heavy (non-hydrogen) atoms. The second kappa shape index (κ2) is 22.2. The topological polar surface area (TPSA) is 75.2 Å². The number of rotatable bonds is 24. The van der Waals surface area contributed by atoms with Gasteiger partial charge in [0.05, 0.1) is 0 Å². The summed E-state index contributed by atoms with van der Waals surface area (Å²) in [6, 6.07) is 0. The molecule has 1 aromatic rings. The maximum atomic E-state index is 13.1. The van der Waals surface area contributed by atoms with Gasteiger partial charge in [-0.25, -0.2) is 4.79 Å². The van der Waals surface area contributed by atoms with E-state index in [2.05, 4.69) is 18.8 Å². The predicted octanol–water partition coefficient (Wildman–Crippen LogP) is 7.52. The van der Waals surface area contributed by atoms with E-state index >= 15 is 0 Å². The fraction of sp³-hybridized carbons (Fsp3) is 0.839. The Kier molecular flexibility index (Phi) is 19.9. The summed E-state index contributed by atoms with van der Waals surface area (Å²) >= 11 is 0. The van der Waals surface area contributed by atoms with E-state index in [1.54, 1.807) is 6.92 Å². The number of aromatic amines is 1. The van der Waals surface area contributed by atoms with Crippen LogP contribution in [0, 0.1) is 6.92 Å². The lowest BCUT2D eigenvalue weighted by Gasteiger charge is -2.23. The summed E-state index contributed by atoms with van der Waals surface area (Å²) in [6.07, 6.45) is 26.9. The number of aromatic nitrogens is 2. The SMILES string of the molecule is CCCCCCCCCCCCN(CCCCCCCCCCCC)C(=O)Cn1cc(C)c(=O)[nH]c1=O.